The Bertz CT molecular complexity index is 675. The molecule has 1 heterocycles. The Labute approximate surface area is 123 Å². The van der Waals surface area contributed by atoms with Crippen molar-refractivity contribution >= 4 is 11.6 Å². The van der Waals surface area contributed by atoms with Crippen LogP contribution in [-0.2, 0) is 5.41 Å². The van der Waals surface area contributed by atoms with E-state index in [0.717, 1.165) is 5.56 Å². The Kier molecular flexibility index (Phi) is 3.84. The van der Waals surface area contributed by atoms with Crippen LogP contribution in [0.1, 0.15) is 36.7 Å². The van der Waals surface area contributed by atoms with E-state index < -0.39 is 5.91 Å². The molecule has 0 atom stereocenters. The molecule has 0 saturated heterocycles. The van der Waals surface area contributed by atoms with Crippen molar-refractivity contribution in [2.24, 2.45) is 5.73 Å². The quantitative estimate of drug-likeness (QED) is 0.907. The first-order chi connectivity index (χ1) is 9.79. The summed E-state index contributed by atoms with van der Waals surface area (Å²) in [6, 6.07) is 9.16. The molecule has 4 N–H and O–H groups in total. The molecule has 0 unspecified atom stereocenters. The van der Waals surface area contributed by atoms with Crippen LogP contribution in [0.2, 0.25) is 0 Å². The molecule has 21 heavy (non-hydrogen) atoms. The van der Waals surface area contributed by atoms with Crippen LogP contribution >= 0.6 is 0 Å². The monoisotopic (exact) mass is 285 g/mol. The van der Waals surface area contributed by atoms with Gasteiger partial charge in [-0.05, 0) is 11.5 Å². The van der Waals surface area contributed by atoms with Crippen molar-refractivity contribution in [2.45, 2.75) is 26.2 Å². The van der Waals surface area contributed by atoms with Crippen LogP contribution in [0, 0.1) is 0 Å². The number of hydrogen-bond donors (Lipinski definition) is 2. The van der Waals surface area contributed by atoms with E-state index in [1.165, 1.54) is 12.3 Å². The van der Waals surface area contributed by atoms with Gasteiger partial charge in [0, 0.05) is 11.6 Å². The fourth-order valence-electron chi connectivity index (χ4n) is 2.00. The van der Waals surface area contributed by atoms with E-state index in [0.29, 0.717) is 5.75 Å². The lowest BCUT2D eigenvalue weighted by atomic mass is 9.86. The van der Waals surface area contributed by atoms with Crippen LogP contribution in [0.15, 0.2) is 36.5 Å². The SMILES string of the molecule is CC(C)(C)c1ccccc1Oc1cc(C(N)=O)c(N)cn1. The number of primary amides is 1. The number of nitrogen functional groups attached to an aromatic ring is 1. The molecule has 0 bridgehead atoms. The van der Waals surface area contributed by atoms with E-state index in [1.54, 1.807) is 0 Å². The lowest BCUT2D eigenvalue weighted by Gasteiger charge is -2.22. The molecular formula is C16H19N3O2. The number of amides is 1. The van der Waals surface area contributed by atoms with Crippen LogP contribution in [0.25, 0.3) is 0 Å². The highest BCUT2D eigenvalue weighted by Gasteiger charge is 2.19. The van der Waals surface area contributed by atoms with E-state index in [2.05, 4.69) is 25.8 Å². The van der Waals surface area contributed by atoms with E-state index in [-0.39, 0.29) is 22.5 Å². The molecule has 0 aliphatic rings. The molecule has 1 aromatic heterocycles. The first kappa shape index (κ1) is 14.8. The number of nitrogens with zero attached hydrogens (tertiary/aromatic N) is 1. The minimum absolute atomic E-state index is 0.0725. The van der Waals surface area contributed by atoms with Crippen molar-refractivity contribution in [2.75, 3.05) is 5.73 Å². The summed E-state index contributed by atoms with van der Waals surface area (Å²) in [6.07, 6.45) is 1.37. The Balaban J connectivity index is 2.40. The average molecular weight is 285 g/mol. The van der Waals surface area contributed by atoms with Gasteiger partial charge in [0.15, 0.2) is 0 Å². The first-order valence-electron chi connectivity index (χ1n) is 6.61. The number of aromatic nitrogens is 1. The van der Waals surface area contributed by atoms with Gasteiger partial charge in [0.25, 0.3) is 5.91 Å². The minimum atomic E-state index is -0.608. The van der Waals surface area contributed by atoms with Crippen molar-refractivity contribution in [3.05, 3.63) is 47.7 Å². The Hall–Kier alpha value is -2.56. The van der Waals surface area contributed by atoms with Gasteiger partial charge in [0.05, 0.1) is 17.4 Å². The van der Waals surface area contributed by atoms with Crippen LogP contribution < -0.4 is 16.2 Å². The predicted molar refractivity (Wildman–Crippen MR) is 82.4 cm³/mol. The van der Waals surface area contributed by atoms with Gasteiger partial charge in [-0.3, -0.25) is 4.79 Å². The molecule has 5 nitrogen and oxygen atoms in total. The Morgan fingerprint density at radius 2 is 1.90 bits per heavy atom. The number of carbonyl (C=O) groups is 1. The summed E-state index contributed by atoms with van der Waals surface area (Å²) in [5, 5.41) is 0. The van der Waals surface area contributed by atoms with Crippen LogP contribution in [0.5, 0.6) is 11.6 Å². The number of ether oxygens (including phenoxy) is 1. The third-order valence-corrected chi connectivity index (χ3v) is 3.08. The second kappa shape index (κ2) is 5.44. The van der Waals surface area contributed by atoms with Crippen molar-refractivity contribution in [1.29, 1.82) is 0 Å². The highest BCUT2D eigenvalue weighted by Crippen LogP contribution is 2.33. The van der Waals surface area contributed by atoms with Gasteiger partial charge in [-0.1, -0.05) is 39.0 Å². The van der Waals surface area contributed by atoms with Gasteiger partial charge >= 0.3 is 0 Å². The van der Waals surface area contributed by atoms with E-state index in [9.17, 15) is 4.79 Å². The zero-order valence-electron chi connectivity index (χ0n) is 12.4. The van der Waals surface area contributed by atoms with Gasteiger partial charge in [0.2, 0.25) is 5.88 Å². The molecule has 1 amide bonds. The summed E-state index contributed by atoms with van der Waals surface area (Å²) in [4.78, 5) is 15.4. The molecule has 0 spiro atoms. The maximum atomic E-state index is 11.3. The van der Waals surface area contributed by atoms with Gasteiger partial charge < -0.3 is 16.2 Å². The highest BCUT2D eigenvalue weighted by molar-refractivity contribution is 5.98. The predicted octanol–water partition coefficient (Wildman–Crippen LogP) is 2.85. The van der Waals surface area contributed by atoms with Gasteiger partial charge in [-0.15, -0.1) is 0 Å². The van der Waals surface area contributed by atoms with Gasteiger partial charge in [0.1, 0.15) is 5.75 Å². The number of anilines is 1. The van der Waals surface area contributed by atoms with E-state index in [4.69, 9.17) is 16.2 Å². The molecule has 1 aromatic carbocycles. The molecule has 0 fully saturated rings. The minimum Gasteiger partial charge on any atom is -0.439 e. The standard InChI is InChI=1S/C16H19N3O2/c1-16(2,3)11-6-4-5-7-13(11)21-14-8-10(15(18)20)12(17)9-19-14/h4-9H,17H2,1-3H3,(H2,18,20). The largest absolute Gasteiger partial charge is 0.439 e. The molecule has 0 aliphatic carbocycles. The van der Waals surface area contributed by atoms with Gasteiger partial charge in [-0.25, -0.2) is 4.98 Å². The maximum Gasteiger partial charge on any atom is 0.251 e. The van der Waals surface area contributed by atoms with Crippen molar-refractivity contribution in [3.8, 4) is 11.6 Å². The van der Waals surface area contributed by atoms with E-state index >= 15 is 0 Å². The third-order valence-electron chi connectivity index (χ3n) is 3.08. The highest BCUT2D eigenvalue weighted by atomic mass is 16.5. The average Bonchev–Trinajstić information content (AvgIpc) is 2.40. The van der Waals surface area contributed by atoms with Crippen molar-refractivity contribution in [3.63, 3.8) is 0 Å². The number of hydrogen-bond acceptors (Lipinski definition) is 4. The second-order valence-electron chi connectivity index (χ2n) is 5.82. The Morgan fingerprint density at radius 3 is 2.52 bits per heavy atom. The first-order valence-corrected chi connectivity index (χ1v) is 6.61. The number of benzene rings is 1. The van der Waals surface area contributed by atoms with Crippen molar-refractivity contribution in [1.82, 2.24) is 4.98 Å². The fourth-order valence-corrected chi connectivity index (χ4v) is 2.00. The number of rotatable bonds is 3. The molecule has 5 heteroatoms. The maximum absolute atomic E-state index is 11.3. The molecule has 0 saturated carbocycles. The van der Waals surface area contributed by atoms with E-state index in [1.807, 2.05) is 24.3 Å². The van der Waals surface area contributed by atoms with Crippen LogP contribution in [0.3, 0.4) is 0 Å². The smallest absolute Gasteiger partial charge is 0.251 e. The summed E-state index contributed by atoms with van der Waals surface area (Å²) in [7, 11) is 0. The summed E-state index contributed by atoms with van der Waals surface area (Å²) in [5.74, 6) is 0.372. The number of nitrogens with two attached hydrogens (primary N) is 2. The summed E-state index contributed by atoms with van der Waals surface area (Å²) >= 11 is 0. The zero-order valence-corrected chi connectivity index (χ0v) is 12.4. The molecule has 110 valence electrons. The molecule has 0 radical (unpaired) electrons. The molecular weight excluding hydrogens is 266 g/mol. The normalized spacial score (nSPS) is 11.2. The number of pyridine rings is 1. The Morgan fingerprint density at radius 1 is 1.24 bits per heavy atom. The lowest BCUT2D eigenvalue weighted by Crippen LogP contribution is -2.14. The fraction of sp³-hybridized carbons (Fsp3) is 0.250. The second-order valence-corrected chi connectivity index (χ2v) is 5.82. The molecule has 0 aliphatic heterocycles. The topological polar surface area (TPSA) is 91.2 Å². The van der Waals surface area contributed by atoms with Crippen LogP contribution in [-0.4, -0.2) is 10.9 Å². The number of para-hydroxylation sites is 1. The summed E-state index contributed by atoms with van der Waals surface area (Å²) < 4.78 is 5.81. The zero-order chi connectivity index (χ0) is 15.6. The van der Waals surface area contributed by atoms with Gasteiger partial charge in [-0.2, -0.15) is 0 Å². The molecule has 2 aromatic rings. The third kappa shape index (κ3) is 3.31. The van der Waals surface area contributed by atoms with Crippen LogP contribution in [0.4, 0.5) is 5.69 Å². The number of carbonyl (C=O) groups excluding carboxylic acids is 1. The molecule has 2 rings (SSSR count). The summed E-state index contributed by atoms with van der Waals surface area (Å²) in [6.45, 7) is 6.29. The summed E-state index contributed by atoms with van der Waals surface area (Å²) in [5.41, 5.74) is 12.3. The van der Waals surface area contributed by atoms with Crippen molar-refractivity contribution < 1.29 is 9.53 Å². The lowest BCUT2D eigenvalue weighted by molar-refractivity contribution is 0.100.